The highest BCUT2D eigenvalue weighted by Crippen LogP contribution is 2.29. The summed E-state index contributed by atoms with van der Waals surface area (Å²) in [6.45, 7) is 3.99. The van der Waals surface area contributed by atoms with Crippen LogP contribution in [0.15, 0.2) is 54.9 Å². The second-order valence-corrected chi connectivity index (χ2v) is 6.70. The third kappa shape index (κ3) is 3.26. The Hall–Kier alpha value is -2.92. The maximum atomic E-state index is 6.13. The van der Waals surface area contributed by atoms with Gasteiger partial charge in [-0.15, -0.1) is 0 Å². The lowest BCUT2D eigenvalue weighted by atomic mass is 10.1. The van der Waals surface area contributed by atoms with Gasteiger partial charge >= 0.3 is 0 Å². The summed E-state index contributed by atoms with van der Waals surface area (Å²) in [5.41, 5.74) is 4.11. The summed E-state index contributed by atoms with van der Waals surface area (Å²) < 4.78 is 0. The molecule has 0 aliphatic rings. The molecule has 2 N–H and O–H groups in total. The van der Waals surface area contributed by atoms with Gasteiger partial charge in [0.15, 0.2) is 0 Å². The first-order chi connectivity index (χ1) is 12.6. The summed E-state index contributed by atoms with van der Waals surface area (Å²) in [6, 6.07) is 14.1. The van der Waals surface area contributed by atoms with Gasteiger partial charge in [-0.1, -0.05) is 29.8 Å². The number of benzene rings is 2. The molecule has 0 saturated carbocycles. The Morgan fingerprint density at radius 3 is 2.73 bits per heavy atom. The molecule has 0 amide bonds. The average molecular weight is 364 g/mol. The third-order valence-corrected chi connectivity index (χ3v) is 4.58. The van der Waals surface area contributed by atoms with Crippen LogP contribution in [-0.2, 0) is 0 Å². The topological polar surface area (TPSA) is 66.5 Å². The number of hydrogen-bond donors (Lipinski definition) is 2. The van der Waals surface area contributed by atoms with Crippen molar-refractivity contribution in [2.24, 2.45) is 0 Å². The van der Waals surface area contributed by atoms with E-state index in [0.29, 0.717) is 0 Å². The molecule has 26 heavy (non-hydrogen) atoms. The van der Waals surface area contributed by atoms with Gasteiger partial charge in [-0.25, -0.2) is 9.97 Å². The predicted molar refractivity (Wildman–Crippen MR) is 105 cm³/mol. The van der Waals surface area contributed by atoms with Crippen molar-refractivity contribution in [3.8, 4) is 11.1 Å². The van der Waals surface area contributed by atoms with Crippen molar-refractivity contribution in [3.63, 3.8) is 0 Å². The van der Waals surface area contributed by atoms with Gasteiger partial charge in [0.2, 0.25) is 0 Å². The SMILES string of the molecule is Cc1nc(NC(C)c2cccc(Cl)c2)c2cc(-c3cn[nH]c3)ccc2n1. The molecule has 0 saturated heterocycles. The van der Waals surface area contributed by atoms with E-state index in [2.05, 4.69) is 44.5 Å². The van der Waals surface area contributed by atoms with E-state index in [0.717, 1.165) is 44.3 Å². The maximum absolute atomic E-state index is 6.13. The van der Waals surface area contributed by atoms with Crippen molar-refractivity contribution in [2.45, 2.75) is 19.9 Å². The van der Waals surface area contributed by atoms with Crippen molar-refractivity contribution < 1.29 is 0 Å². The fourth-order valence-corrected chi connectivity index (χ4v) is 3.21. The number of nitrogens with one attached hydrogen (secondary N) is 2. The molecule has 0 bridgehead atoms. The van der Waals surface area contributed by atoms with Gasteiger partial charge in [0.25, 0.3) is 0 Å². The number of nitrogens with zero attached hydrogens (tertiary/aromatic N) is 3. The fourth-order valence-electron chi connectivity index (χ4n) is 3.01. The van der Waals surface area contributed by atoms with Crippen molar-refractivity contribution >= 4 is 28.3 Å². The molecule has 6 heteroatoms. The second kappa shape index (κ2) is 6.77. The van der Waals surface area contributed by atoms with Gasteiger partial charge in [-0.05, 0) is 49.2 Å². The van der Waals surface area contributed by atoms with Gasteiger partial charge < -0.3 is 5.32 Å². The fraction of sp³-hybridized carbons (Fsp3) is 0.150. The van der Waals surface area contributed by atoms with Crippen LogP contribution in [0.1, 0.15) is 24.4 Å². The second-order valence-electron chi connectivity index (χ2n) is 6.26. The van der Waals surface area contributed by atoms with Gasteiger partial charge in [0.1, 0.15) is 11.6 Å². The van der Waals surface area contributed by atoms with E-state index in [1.54, 1.807) is 6.20 Å². The van der Waals surface area contributed by atoms with E-state index in [1.165, 1.54) is 0 Å². The molecule has 130 valence electrons. The van der Waals surface area contributed by atoms with E-state index in [9.17, 15) is 0 Å². The van der Waals surface area contributed by atoms with Crippen LogP contribution in [-0.4, -0.2) is 20.2 Å². The van der Waals surface area contributed by atoms with Crippen LogP contribution in [0.4, 0.5) is 5.82 Å². The third-order valence-electron chi connectivity index (χ3n) is 4.34. The van der Waals surface area contributed by atoms with Gasteiger partial charge in [0.05, 0.1) is 17.8 Å². The molecule has 4 aromatic rings. The van der Waals surface area contributed by atoms with Crippen LogP contribution in [0.5, 0.6) is 0 Å². The summed E-state index contributed by atoms with van der Waals surface area (Å²) in [7, 11) is 0. The van der Waals surface area contributed by atoms with Gasteiger partial charge in [-0.3, -0.25) is 5.10 Å². The molecule has 2 heterocycles. The molecule has 1 atom stereocenters. The van der Waals surface area contributed by atoms with Crippen LogP contribution >= 0.6 is 11.6 Å². The molecule has 0 aliphatic carbocycles. The van der Waals surface area contributed by atoms with E-state index in [4.69, 9.17) is 11.6 Å². The number of anilines is 1. The largest absolute Gasteiger partial charge is 0.363 e. The highest BCUT2D eigenvalue weighted by molar-refractivity contribution is 6.30. The summed E-state index contributed by atoms with van der Waals surface area (Å²) in [4.78, 5) is 9.19. The number of halogens is 1. The normalized spacial score (nSPS) is 12.3. The Kier molecular flexibility index (Phi) is 4.31. The van der Waals surface area contributed by atoms with E-state index >= 15 is 0 Å². The van der Waals surface area contributed by atoms with E-state index in [-0.39, 0.29) is 6.04 Å². The Bertz CT molecular complexity index is 1060. The van der Waals surface area contributed by atoms with Gasteiger partial charge in [0, 0.05) is 22.2 Å². The van der Waals surface area contributed by atoms with Gasteiger partial charge in [-0.2, -0.15) is 5.10 Å². The van der Waals surface area contributed by atoms with Crippen LogP contribution < -0.4 is 5.32 Å². The highest BCUT2D eigenvalue weighted by atomic mass is 35.5. The standard InChI is InChI=1S/C20H18ClN5/c1-12(14-4-3-5-17(21)8-14)24-20-18-9-15(16-10-22-23-11-16)6-7-19(18)25-13(2)26-20/h3-12H,1-2H3,(H,22,23)(H,24,25,26). The van der Waals surface area contributed by atoms with Crippen LogP contribution in [0.25, 0.3) is 22.0 Å². The molecular formula is C20H18ClN5. The Labute approximate surface area is 156 Å². The van der Waals surface area contributed by atoms with Crippen molar-refractivity contribution in [2.75, 3.05) is 5.32 Å². The quantitative estimate of drug-likeness (QED) is 0.526. The van der Waals surface area contributed by atoms with Crippen LogP contribution in [0.2, 0.25) is 5.02 Å². The number of aromatic amines is 1. The monoisotopic (exact) mass is 363 g/mol. The molecule has 4 rings (SSSR count). The lowest BCUT2D eigenvalue weighted by molar-refractivity contribution is 0.872. The zero-order chi connectivity index (χ0) is 18.1. The Morgan fingerprint density at radius 1 is 1.08 bits per heavy atom. The highest BCUT2D eigenvalue weighted by Gasteiger charge is 2.12. The van der Waals surface area contributed by atoms with Crippen molar-refractivity contribution in [1.82, 2.24) is 20.2 Å². The predicted octanol–water partition coefficient (Wildman–Crippen LogP) is 5.15. The first kappa shape index (κ1) is 16.5. The van der Waals surface area contributed by atoms with Crippen molar-refractivity contribution in [3.05, 3.63) is 71.3 Å². The first-order valence-corrected chi connectivity index (χ1v) is 8.77. The lowest BCUT2D eigenvalue weighted by Crippen LogP contribution is -2.09. The molecule has 0 aliphatic heterocycles. The summed E-state index contributed by atoms with van der Waals surface area (Å²) in [5.74, 6) is 1.54. The molecular weight excluding hydrogens is 346 g/mol. The lowest BCUT2D eigenvalue weighted by Gasteiger charge is -2.17. The molecule has 5 nitrogen and oxygen atoms in total. The summed E-state index contributed by atoms with van der Waals surface area (Å²) in [6.07, 6.45) is 3.68. The van der Waals surface area contributed by atoms with Crippen LogP contribution in [0.3, 0.4) is 0 Å². The summed E-state index contributed by atoms with van der Waals surface area (Å²) in [5, 5.41) is 12.1. The summed E-state index contributed by atoms with van der Waals surface area (Å²) >= 11 is 6.13. The van der Waals surface area contributed by atoms with E-state index < -0.39 is 0 Å². The zero-order valence-corrected chi connectivity index (χ0v) is 15.2. The molecule has 0 fully saturated rings. The average Bonchev–Trinajstić information content (AvgIpc) is 3.16. The molecule has 0 spiro atoms. The number of fused-ring (bicyclic) bond motifs is 1. The zero-order valence-electron chi connectivity index (χ0n) is 14.5. The molecule has 2 aromatic carbocycles. The number of H-pyrrole nitrogens is 1. The number of aromatic nitrogens is 4. The van der Waals surface area contributed by atoms with Crippen LogP contribution in [0, 0.1) is 6.92 Å². The molecule has 0 radical (unpaired) electrons. The van der Waals surface area contributed by atoms with E-state index in [1.807, 2.05) is 43.5 Å². The number of aryl methyl sites for hydroxylation is 1. The number of rotatable bonds is 4. The Balaban J connectivity index is 1.76. The smallest absolute Gasteiger partial charge is 0.138 e. The first-order valence-electron chi connectivity index (χ1n) is 8.40. The maximum Gasteiger partial charge on any atom is 0.138 e. The Morgan fingerprint density at radius 2 is 1.96 bits per heavy atom. The minimum absolute atomic E-state index is 0.0591. The molecule has 2 aromatic heterocycles. The minimum atomic E-state index is 0.0591. The van der Waals surface area contributed by atoms with Crippen molar-refractivity contribution in [1.29, 1.82) is 0 Å². The minimum Gasteiger partial charge on any atom is -0.363 e. The number of hydrogen-bond acceptors (Lipinski definition) is 4. The molecule has 1 unspecified atom stereocenters.